The van der Waals surface area contributed by atoms with Crippen LogP contribution < -0.4 is 0 Å². The fourth-order valence-corrected chi connectivity index (χ4v) is 2.84. The van der Waals surface area contributed by atoms with E-state index in [0.717, 1.165) is 32.4 Å². The molecule has 0 aromatic carbocycles. The number of rotatable bonds is 6. The van der Waals surface area contributed by atoms with Gasteiger partial charge in [0.1, 0.15) is 0 Å². The molecule has 1 aliphatic heterocycles. The number of amides is 2. The van der Waals surface area contributed by atoms with E-state index in [-0.39, 0.29) is 18.5 Å². The second-order valence-corrected chi connectivity index (χ2v) is 5.71. The number of likely N-dealkylation sites (tertiary alicyclic amines) is 1. The third-order valence-corrected chi connectivity index (χ3v) is 4.27. The molecule has 0 aromatic rings. The summed E-state index contributed by atoms with van der Waals surface area (Å²) >= 11 is 0. The number of carboxylic acids is 1. The van der Waals surface area contributed by atoms with Crippen LogP contribution in [0.3, 0.4) is 0 Å². The zero-order valence-corrected chi connectivity index (χ0v) is 13.0. The van der Waals surface area contributed by atoms with Gasteiger partial charge in [0.15, 0.2) is 0 Å². The zero-order chi connectivity index (χ0) is 15.1. The summed E-state index contributed by atoms with van der Waals surface area (Å²) in [5.41, 5.74) is 0. The van der Waals surface area contributed by atoms with Crippen LogP contribution in [-0.4, -0.2) is 52.6 Å². The first kappa shape index (κ1) is 16.8. The van der Waals surface area contributed by atoms with Crippen molar-refractivity contribution in [1.29, 1.82) is 0 Å². The van der Waals surface area contributed by atoms with E-state index >= 15 is 0 Å². The first-order valence-corrected chi connectivity index (χ1v) is 7.76. The summed E-state index contributed by atoms with van der Waals surface area (Å²) in [6, 6.07) is 0.369. The Morgan fingerprint density at radius 3 is 2.65 bits per heavy atom. The molecule has 1 aliphatic rings. The molecule has 0 aliphatic carbocycles. The summed E-state index contributed by atoms with van der Waals surface area (Å²) in [5.74, 6) is -0.414. The molecule has 0 aromatic heterocycles. The van der Waals surface area contributed by atoms with Gasteiger partial charge in [-0.15, -0.1) is 0 Å². The first-order valence-electron chi connectivity index (χ1n) is 7.76. The highest BCUT2D eigenvalue weighted by atomic mass is 16.4. The van der Waals surface area contributed by atoms with E-state index in [2.05, 4.69) is 13.8 Å². The maximum absolute atomic E-state index is 12.5. The highest BCUT2D eigenvalue weighted by molar-refractivity contribution is 5.75. The van der Waals surface area contributed by atoms with Gasteiger partial charge in [0.05, 0.1) is 0 Å². The van der Waals surface area contributed by atoms with Crippen LogP contribution >= 0.6 is 0 Å². The number of nitrogens with zero attached hydrogens (tertiary/aromatic N) is 2. The first-order chi connectivity index (χ1) is 9.49. The fourth-order valence-electron chi connectivity index (χ4n) is 2.84. The summed E-state index contributed by atoms with van der Waals surface area (Å²) in [5, 5.41) is 8.76. The number of urea groups is 1. The van der Waals surface area contributed by atoms with Crippen LogP contribution in [0.5, 0.6) is 0 Å². The Bertz CT molecular complexity index is 333. The number of carboxylic acid groups (broad SMARTS) is 1. The highest BCUT2D eigenvalue weighted by Crippen LogP contribution is 2.22. The van der Waals surface area contributed by atoms with Gasteiger partial charge < -0.3 is 14.9 Å². The van der Waals surface area contributed by atoms with Gasteiger partial charge in [-0.2, -0.15) is 0 Å². The van der Waals surface area contributed by atoms with Crippen molar-refractivity contribution >= 4 is 12.0 Å². The summed E-state index contributed by atoms with van der Waals surface area (Å²) in [6.07, 6.45) is 3.85. The van der Waals surface area contributed by atoms with Crippen LogP contribution in [0.15, 0.2) is 0 Å². The Kier molecular flexibility index (Phi) is 6.82. The lowest BCUT2D eigenvalue weighted by Gasteiger charge is -2.38. The summed E-state index contributed by atoms with van der Waals surface area (Å²) < 4.78 is 0. The van der Waals surface area contributed by atoms with Gasteiger partial charge in [-0.25, -0.2) is 4.79 Å². The number of hydrogen-bond acceptors (Lipinski definition) is 2. The molecule has 5 heteroatoms. The van der Waals surface area contributed by atoms with E-state index in [1.165, 1.54) is 0 Å². The Hall–Kier alpha value is -1.26. The topological polar surface area (TPSA) is 60.9 Å². The molecule has 1 rings (SSSR count). The van der Waals surface area contributed by atoms with Gasteiger partial charge in [-0.05, 0) is 45.4 Å². The highest BCUT2D eigenvalue weighted by Gasteiger charge is 2.28. The van der Waals surface area contributed by atoms with E-state index in [0.29, 0.717) is 18.9 Å². The van der Waals surface area contributed by atoms with Crippen molar-refractivity contribution in [3.63, 3.8) is 0 Å². The van der Waals surface area contributed by atoms with E-state index in [9.17, 15) is 9.59 Å². The minimum atomic E-state index is -0.747. The van der Waals surface area contributed by atoms with Crippen molar-refractivity contribution in [3.05, 3.63) is 0 Å². The predicted molar refractivity (Wildman–Crippen MR) is 78.7 cm³/mol. The number of carbonyl (C=O) groups is 2. The third-order valence-electron chi connectivity index (χ3n) is 4.27. The normalized spacial score (nSPS) is 20.6. The minimum absolute atomic E-state index is 0.113. The van der Waals surface area contributed by atoms with Crippen LogP contribution in [0.25, 0.3) is 0 Å². The second-order valence-electron chi connectivity index (χ2n) is 5.71. The van der Waals surface area contributed by atoms with E-state index in [4.69, 9.17) is 5.11 Å². The number of piperidine rings is 1. The molecule has 20 heavy (non-hydrogen) atoms. The Balaban J connectivity index is 2.56. The molecule has 2 atom stereocenters. The molecule has 1 N–H and O–H groups in total. The molecule has 1 saturated heterocycles. The van der Waals surface area contributed by atoms with E-state index < -0.39 is 5.97 Å². The lowest BCUT2D eigenvalue weighted by molar-refractivity contribution is -0.137. The van der Waals surface area contributed by atoms with Crippen molar-refractivity contribution in [2.24, 2.45) is 5.92 Å². The van der Waals surface area contributed by atoms with Gasteiger partial charge in [-0.1, -0.05) is 6.92 Å². The SMILES string of the molecule is CCC(C)N(CC)C(=O)N1CCCC(CCC(=O)O)C1. The van der Waals surface area contributed by atoms with Crippen molar-refractivity contribution < 1.29 is 14.7 Å². The van der Waals surface area contributed by atoms with Gasteiger partial charge in [0.25, 0.3) is 0 Å². The molecule has 0 spiro atoms. The summed E-state index contributed by atoms with van der Waals surface area (Å²) in [7, 11) is 0. The van der Waals surface area contributed by atoms with Gasteiger partial charge in [0.2, 0.25) is 0 Å². The van der Waals surface area contributed by atoms with Crippen molar-refractivity contribution in [2.45, 2.75) is 58.9 Å². The average molecular weight is 284 g/mol. The molecule has 2 unspecified atom stereocenters. The fraction of sp³-hybridized carbons (Fsp3) is 0.867. The van der Waals surface area contributed by atoms with Gasteiger partial charge >= 0.3 is 12.0 Å². The summed E-state index contributed by atoms with van der Waals surface area (Å²) in [4.78, 5) is 27.0. The smallest absolute Gasteiger partial charge is 0.320 e. The predicted octanol–water partition coefficient (Wildman–Crippen LogP) is 2.80. The molecule has 116 valence electrons. The van der Waals surface area contributed by atoms with Crippen molar-refractivity contribution in [3.8, 4) is 0 Å². The largest absolute Gasteiger partial charge is 0.481 e. The zero-order valence-electron chi connectivity index (χ0n) is 13.0. The maximum Gasteiger partial charge on any atom is 0.320 e. The Morgan fingerprint density at radius 2 is 2.10 bits per heavy atom. The van der Waals surface area contributed by atoms with E-state index in [1.807, 2.05) is 16.7 Å². The minimum Gasteiger partial charge on any atom is -0.481 e. The summed E-state index contributed by atoms with van der Waals surface area (Å²) in [6.45, 7) is 8.41. The standard InChI is InChI=1S/C15H28N2O3/c1-4-12(3)17(5-2)15(20)16-10-6-7-13(11-16)8-9-14(18)19/h12-13H,4-11H2,1-3H3,(H,18,19). The van der Waals surface area contributed by atoms with Crippen LogP contribution in [0.4, 0.5) is 4.79 Å². The van der Waals surface area contributed by atoms with Crippen molar-refractivity contribution in [2.75, 3.05) is 19.6 Å². The number of hydrogen-bond donors (Lipinski definition) is 1. The van der Waals surface area contributed by atoms with Crippen LogP contribution in [-0.2, 0) is 4.79 Å². The number of aliphatic carboxylic acids is 1. The van der Waals surface area contributed by atoms with Crippen molar-refractivity contribution in [1.82, 2.24) is 9.80 Å². The van der Waals surface area contributed by atoms with E-state index in [1.54, 1.807) is 0 Å². The molecule has 1 fully saturated rings. The average Bonchev–Trinajstić information content (AvgIpc) is 2.45. The van der Waals surface area contributed by atoms with Crippen LogP contribution in [0, 0.1) is 5.92 Å². The van der Waals surface area contributed by atoms with Gasteiger partial charge in [0, 0.05) is 32.1 Å². The molecule has 2 amide bonds. The quantitative estimate of drug-likeness (QED) is 0.816. The lowest BCUT2D eigenvalue weighted by Crippen LogP contribution is -2.50. The number of carbonyl (C=O) groups excluding carboxylic acids is 1. The molecular weight excluding hydrogens is 256 g/mol. The molecule has 0 saturated carbocycles. The monoisotopic (exact) mass is 284 g/mol. The molecule has 0 bridgehead atoms. The lowest BCUT2D eigenvalue weighted by atomic mass is 9.93. The molecular formula is C15H28N2O3. The third kappa shape index (κ3) is 4.69. The van der Waals surface area contributed by atoms with Crippen LogP contribution in [0.1, 0.15) is 52.9 Å². The Morgan fingerprint density at radius 1 is 1.40 bits per heavy atom. The van der Waals surface area contributed by atoms with Crippen LogP contribution in [0.2, 0.25) is 0 Å². The van der Waals surface area contributed by atoms with Gasteiger partial charge in [-0.3, -0.25) is 4.79 Å². The molecule has 0 radical (unpaired) electrons. The molecule has 5 nitrogen and oxygen atoms in total. The molecule has 1 heterocycles. The second kappa shape index (κ2) is 8.12. The maximum atomic E-state index is 12.5. The Labute approximate surface area is 121 Å².